The number of aryl methyl sites for hydroxylation is 2. The molecule has 1 aliphatic heterocycles. The lowest BCUT2D eigenvalue weighted by atomic mass is 10.3. The maximum absolute atomic E-state index is 13.0. The van der Waals surface area contributed by atoms with Gasteiger partial charge in [0.15, 0.2) is 0 Å². The molecule has 1 N–H and O–H groups in total. The number of carboxylic acids is 1. The van der Waals surface area contributed by atoms with Crippen LogP contribution < -0.4 is 0 Å². The molecular formula is C12H19N3O4S2. The molecular weight excluding hydrogens is 314 g/mol. The Morgan fingerprint density at radius 1 is 1.48 bits per heavy atom. The van der Waals surface area contributed by atoms with Crippen LogP contribution in [-0.4, -0.2) is 50.7 Å². The Bertz CT molecular complexity index is 668. The van der Waals surface area contributed by atoms with E-state index in [9.17, 15) is 18.3 Å². The van der Waals surface area contributed by atoms with Gasteiger partial charge in [0.25, 0.3) is 0 Å². The standard InChI is InChI=1S/C12H19N3O4S2/c1-5-10-15(9(6-20-10)12(16)17)21(18,19)11-7(2)13-14(4)8(11)3/h9-10H,5-6H2,1-4H3,(H,16,17). The third-order valence-electron chi connectivity index (χ3n) is 3.65. The van der Waals surface area contributed by atoms with Crippen LogP contribution in [-0.2, 0) is 21.9 Å². The third kappa shape index (κ3) is 2.58. The largest absolute Gasteiger partial charge is 0.480 e. The molecule has 0 radical (unpaired) electrons. The summed E-state index contributed by atoms with van der Waals surface area (Å²) in [7, 11) is -2.21. The molecule has 1 aliphatic rings. The predicted molar refractivity (Wildman–Crippen MR) is 79.7 cm³/mol. The number of thioether (sulfide) groups is 1. The highest BCUT2D eigenvalue weighted by molar-refractivity contribution is 8.01. The smallest absolute Gasteiger partial charge is 0.322 e. The average molecular weight is 333 g/mol. The van der Waals surface area contributed by atoms with Gasteiger partial charge >= 0.3 is 5.97 Å². The average Bonchev–Trinajstić information content (AvgIpc) is 2.92. The summed E-state index contributed by atoms with van der Waals surface area (Å²) in [5.41, 5.74) is 0.911. The van der Waals surface area contributed by atoms with Gasteiger partial charge in [0, 0.05) is 12.8 Å². The maximum atomic E-state index is 13.0. The van der Waals surface area contributed by atoms with Crippen LogP contribution in [0.3, 0.4) is 0 Å². The number of sulfonamides is 1. The second-order valence-corrected chi connectivity index (χ2v) is 8.00. The Hall–Kier alpha value is -1.06. The summed E-state index contributed by atoms with van der Waals surface area (Å²) in [5, 5.41) is 13.1. The molecule has 7 nitrogen and oxygen atoms in total. The zero-order valence-corrected chi connectivity index (χ0v) is 14.0. The van der Waals surface area contributed by atoms with Crippen LogP contribution in [0.4, 0.5) is 0 Å². The van der Waals surface area contributed by atoms with E-state index in [1.165, 1.54) is 16.4 Å². The van der Waals surface area contributed by atoms with Crippen molar-refractivity contribution in [1.29, 1.82) is 0 Å². The van der Waals surface area contributed by atoms with Crippen molar-refractivity contribution in [1.82, 2.24) is 14.1 Å². The van der Waals surface area contributed by atoms with E-state index < -0.39 is 22.0 Å². The molecule has 0 amide bonds. The van der Waals surface area contributed by atoms with E-state index in [4.69, 9.17) is 0 Å². The number of aliphatic carboxylic acids is 1. The summed E-state index contributed by atoms with van der Waals surface area (Å²) >= 11 is 1.37. The summed E-state index contributed by atoms with van der Waals surface area (Å²) in [4.78, 5) is 11.5. The van der Waals surface area contributed by atoms with Crippen LogP contribution in [0.1, 0.15) is 24.7 Å². The Labute approximate surface area is 128 Å². The Morgan fingerprint density at radius 3 is 2.52 bits per heavy atom. The van der Waals surface area contributed by atoms with E-state index in [1.807, 2.05) is 6.92 Å². The van der Waals surface area contributed by atoms with Crippen LogP contribution in [0.2, 0.25) is 0 Å². The minimum atomic E-state index is -3.89. The fourth-order valence-corrected chi connectivity index (χ4v) is 6.53. The van der Waals surface area contributed by atoms with Crippen molar-refractivity contribution in [3.63, 3.8) is 0 Å². The van der Waals surface area contributed by atoms with Gasteiger partial charge in [-0.3, -0.25) is 9.48 Å². The van der Waals surface area contributed by atoms with Crippen molar-refractivity contribution in [3.8, 4) is 0 Å². The number of nitrogens with zero attached hydrogens (tertiary/aromatic N) is 3. The molecule has 0 aromatic carbocycles. The molecule has 2 heterocycles. The lowest BCUT2D eigenvalue weighted by Gasteiger charge is -2.25. The summed E-state index contributed by atoms with van der Waals surface area (Å²) in [6.45, 7) is 5.15. The van der Waals surface area contributed by atoms with E-state index in [1.54, 1.807) is 20.9 Å². The number of hydrogen-bond acceptors (Lipinski definition) is 5. The van der Waals surface area contributed by atoms with Crippen LogP contribution in [0, 0.1) is 13.8 Å². The Balaban J connectivity index is 2.57. The van der Waals surface area contributed by atoms with Crippen molar-refractivity contribution in [3.05, 3.63) is 11.4 Å². The number of rotatable bonds is 4. The number of aromatic nitrogens is 2. The molecule has 1 aromatic heterocycles. The van der Waals surface area contributed by atoms with Gasteiger partial charge in [0.05, 0.1) is 16.8 Å². The maximum Gasteiger partial charge on any atom is 0.322 e. The van der Waals surface area contributed by atoms with Gasteiger partial charge in [-0.05, 0) is 20.3 Å². The minimum Gasteiger partial charge on any atom is -0.480 e. The van der Waals surface area contributed by atoms with Gasteiger partial charge in [0.2, 0.25) is 10.0 Å². The van der Waals surface area contributed by atoms with Crippen LogP contribution in [0.25, 0.3) is 0 Å². The first-order valence-electron chi connectivity index (χ1n) is 6.60. The van der Waals surface area contributed by atoms with Crippen LogP contribution in [0.15, 0.2) is 4.90 Å². The molecule has 1 aromatic rings. The zero-order valence-electron chi connectivity index (χ0n) is 12.4. The molecule has 1 fully saturated rings. The van der Waals surface area contributed by atoms with E-state index in [-0.39, 0.29) is 16.0 Å². The van der Waals surface area contributed by atoms with Gasteiger partial charge in [-0.1, -0.05) is 6.92 Å². The zero-order chi connectivity index (χ0) is 15.9. The summed E-state index contributed by atoms with van der Waals surface area (Å²) in [6, 6.07) is -1.02. The van der Waals surface area contributed by atoms with E-state index in [2.05, 4.69) is 5.10 Å². The van der Waals surface area contributed by atoms with Gasteiger partial charge < -0.3 is 5.11 Å². The Kier molecular flexibility index (Phi) is 4.36. The van der Waals surface area contributed by atoms with Gasteiger partial charge in [0.1, 0.15) is 10.9 Å². The van der Waals surface area contributed by atoms with E-state index in [0.717, 1.165) is 4.31 Å². The van der Waals surface area contributed by atoms with Crippen molar-refractivity contribution >= 4 is 27.8 Å². The highest BCUT2D eigenvalue weighted by atomic mass is 32.2. The molecule has 2 atom stereocenters. The molecule has 0 spiro atoms. The SMILES string of the molecule is CCC1SCC(C(=O)O)N1S(=O)(=O)c1c(C)nn(C)c1C. The molecule has 118 valence electrons. The lowest BCUT2D eigenvalue weighted by molar-refractivity contribution is -0.140. The van der Waals surface area contributed by atoms with Crippen molar-refractivity contribution in [2.45, 2.75) is 43.5 Å². The van der Waals surface area contributed by atoms with Crippen LogP contribution in [0.5, 0.6) is 0 Å². The highest BCUT2D eigenvalue weighted by Crippen LogP contribution is 2.37. The second-order valence-electron chi connectivity index (χ2n) is 5.01. The first-order chi connectivity index (χ1) is 9.71. The van der Waals surface area contributed by atoms with Crippen LogP contribution >= 0.6 is 11.8 Å². The van der Waals surface area contributed by atoms with Crippen molar-refractivity contribution in [2.24, 2.45) is 7.05 Å². The third-order valence-corrected chi connectivity index (χ3v) is 7.41. The summed E-state index contributed by atoms with van der Waals surface area (Å²) < 4.78 is 28.6. The van der Waals surface area contributed by atoms with Gasteiger partial charge in [-0.2, -0.15) is 9.40 Å². The second kappa shape index (κ2) is 5.62. The van der Waals surface area contributed by atoms with Gasteiger partial charge in [-0.15, -0.1) is 11.8 Å². The molecule has 0 bridgehead atoms. The number of carbonyl (C=O) groups is 1. The molecule has 0 aliphatic carbocycles. The quantitative estimate of drug-likeness (QED) is 0.882. The molecule has 21 heavy (non-hydrogen) atoms. The molecule has 2 rings (SSSR count). The number of carboxylic acid groups (broad SMARTS) is 1. The minimum absolute atomic E-state index is 0.122. The highest BCUT2D eigenvalue weighted by Gasteiger charge is 2.47. The molecule has 9 heteroatoms. The topological polar surface area (TPSA) is 92.5 Å². The predicted octanol–water partition coefficient (Wildman–Crippen LogP) is 0.964. The Morgan fingerprint density at radius 2 is 2.10 bits per heavy atom. The molecule has 0 saturated carbocycles. The first-order valence-corrected chi connectivity index (χ1v) is 9.08. The molecule has 1 saturated heterocycles. The summed E-state index contributed by atoms with van der Waals surface area (Å²) in [5.74, 6) is -0.841. The normalized spacial score (nSPS) is 23.6. The fourth-order valence-electron chi connectivity index (χ4n) is 2.58. The first kappa shape index (κ1) is 16.3. The van der Waals surface area contributed by atoms with Crippen molar-refractivity contribution in [2.75, 3.05) is 5.75 Å². The summed E-state index contributed by atoms with van der Waals surface area (Å²) in [6.07, 6.45) is 0.562. The van der Waals surface area contributed by atoms with Gasteiger partial charge in [-0.25, -0.2) is 8.42 Å². The fraction of sp³-hybridized carbons (Fsp3) is 0.667. The molecule has 2 unspecified atom stereocenters. The number of hydrogen-bond donors (Lipinski definition) is 1. The van der Waals surface area contributed by atoms with Crippen molar-refractivity contribution < 1.29 is 18.3 Å². The van der Waals surface area contributed by atoms with E-state index >= 15 is 0 Å². The van der Waals surface area contributed by atoms with E-state index in [0.29, 0.717) is 17.8 Å². The monoisotopic (exact) mass is 333 g/mol. The lowest BCUT2D eigenvalue weighted by Crippen LogP contribution is -2.45.